The average Bonchev–Trinajstić information content (AvgIpc) is 2.09. The molecule has 0 aromatic heterocycles. The van der Waals surface area contributed by atoms with Crippen molar-refractivity contribution in [3.63, 3.8) is 0 Å². The van der Waals surface area contributed by atoms with Gasteiger partial charge in [0, 0.05) is 25.2 Å². The lowest BCUT2D eigenvalue weighted by Crippen LogP contribution is -2.43. The minimum absolute atomic E-state index is 0.00798. The van der Waals surface area contributed by atoms with E-state index in [2.05, 4.69) is 5.32 Å². The third-order valence-corrected chi connectivity index (χ3v) is 2.77. The number of hydrogen-bond donors (Lipinski definition) is 1. The monoisotopic (exact) mass is 264 g/mol. The van der Waals surface area contributed by atoms with Gasteiger partial charge in [-0.2, -0.15) is 13.2 Å². The number of carbonyl (C=O) groups excluding carboxylic acids is 1. The maximum absolute atomic E-state index is 12.5. The van der Waals surface area contributed by atoms with Crippen molar-refractivity contribution in [2.45, 2.75) is 26.9 Å². The minimum Gasteiger partial charge on any atom is -0.330 e. The van der Waals surface area contributed by atoms with Crippen molar-refractivity contribution in [2.75, 3.05) is 26.2 Å². The van der Waals surface area contributed by atoms with E-state index >= 15 is 0 Å². The molecule has 0 aliphatic carbocycles. The molecule has 1 amide bonds. The smallest absolute Gasteiger partial charge is 0.330 e. The SMILES string of the molecule is CC(C(=O)N(CC(C)C)CC(F)(F)F)=C1CNC1. The lowest BCUT2D eigenvalue weighted by atomic mass is 10.0. The molecule has 0 aromatic carbocycles. The topological polar surface area (TPSA) is 32.3 Å². The summed E-state index contributed by atoms with van der Waals surface area (Å²) in [5.74, 6) is -0.494. The highest BCUT2D eigenvalue weighted by Crippen LogP contribution is 2.20. The van der Waals surface area contributed by atoms with Gasteiger partial charge in [0.05, 0.1) is 0 Å². The zero-order valence-corrected chi connectivity index (χ0v) is 10.9. The van der Waals surface area contributed by atoms with Crippen LogP contribution in [0.1, 0.15) is 20.8 Å². The highest BCUT2D eigenvalue weighted by molar-refractivity contribution is 5.94. The van der Waals surface area contributed by atoms with Gasteiger partial charge in [0.2, 0.25) is 5.91 Å². The number of amides is 1. The van der Waals surface area contributed by atoms with E-state index in [0.717, 1.165) is 10.5 Å². The van der Waals surface area contributed by atoms with Crippen molar-refractivity contribution < 1.29 is 18.0 Å². The summed E-state index contributed by atoms with van der Waals surface area (Å²) in [7, 11) is 0. The van der Waals surface area contributed by atoms with Gasteiger partial charge in [-0.3, -0.25) is 4.79 Å². The Bertz CT molecular complexity index is 342. The predicted octanol–water partition coefficient (Wildman–Crippen LogP) is 1.95. The maximum atomic E-state index is 12.5. The molecule has 1 fully saturated rings. The summed E-state index contributed by atoms with van der Waals surface area (Å²) >= 11 is 0. The molecule has 1 saturated heterocycles. The Hall–Kier alpha value is -1.04. The van der Waals surface area contributed by atoms with Crippen LogP contribution in [0, 0.1) is 5.92 Å². The van der Waals surface area contributed by atoms with Crippen molar-refractivity contribution in [3.05, 3.63) is 11.1 Å². The second-order valence-electron chi connectivity index (χ2n) is 5.03. The summed E-state index contributed by atoms with van der Waals surface area (Å²) in [5.41, 5.74) is 1.34. The number of hydrogen-bond acceptors (Lipinski definition) is 2. The largest absolute Gasteiger partial charge is 0.406 e. The van der Waals surface area contributed by atoms with Crippen LogP contribution in [0.15, 0.2) is 11.1 Å². The van der Waals surface area contributed by atoms with E-state index in [1.54, 1.807) is 20.8 Å². The Kier molecular flexibility index (Phi) is 4.78. The third-order valence-electron chi connectivity index (χ3n) is 2.77. The number of nitrogens with one attached hydrogen (secondary N) is 1. The molecule has 1 heterocycles. The van der Waals surface area contributed by atoms with Crippen LogP contribution in [-0.2, 0) is 4.79 Å². The van der Waals surface area contributed by atoms with Crippen LogP contribution in [0.4, 0.5) is 13.2 Å². The molecule has 6 heteroatoms. The first-order valence-corrected chi connectivity index (χ1v) is 5.96. The van der Waals surface area contributed by atoms with Gasteiger partial charge in [-0.05, 0) is 18.4 Å². The molecule has 18 heavy (non-hydrogen) atoms. The highest BCUT2D eigenvalue weighted by atomic mass is 19.4. The molecule has 0 radical (unpaired) electrons. The van der Waals surface area contributed by atoms with E-state index in [1.807, 2.05) is 0 Å². The van der Waals surface area contributed by atoms with E-state index in [0.29, 0.717) is 18.7 Å². The second kappa shape index (κ2) is 5.73. The standard InChI is InChI=1S/C12H19F3N2O/c1-8(2)6-17(7-12(13,14)15)11(18)9(3)10-4-16-5-10/h8,16H,4-7H2,1-3H3. The molecule has 1 aliphatic rings. The van der Waals surface area contributed by atoms with Crippen LogP contribution in [0.2, 0.25) is 0 Å². The van der Waals surface area contributed by atoms with Gasteiger partial charge < -0.3 is 10.2 Å². The van der Waals surface area contributed by atoms with Gasteiger partial charge in [-0.15, -0.1) is 0 Å². The first-order valence-electron chi connectivity index (χ1n) is 5.96. The van der Waals surface area contributed by atoms with Gasteiger partial charge in [0.1, 0.15) is 6.54 Å². The second-order valence-corrected chi connectivity index (χ2v) is 5.03. The van der Waals surface area contributed by atoms with Crippen molar-refractivity contribution in [3.8, 4) is 0 Å². The van der Waals surface area contributed by atoms with Gasteiger partial charge in [-0.25, -0.2) is 0 Å². The molecule has 0 saturated carbocycles. The molecule has 1 rings (SSSR count). The van der Waals surface area contributed by atoms with E-state index in [-0.39, 0.29) is 12.5 Å². The molecule has 0 spiro atoms. The zero-order valence-electron chi connectivity index (χ0n) is 10.9. The average molecular weight is 264 g/mol. The van der Waals surface area contributed by atoms with Crippen molar-refractivity contribution in [1.82, 2.24) is 10.2 Å². The Morgan fingerprint density at radius 2 is 1.94 bits per heavy atom. The van der Waals surface area contributed by atoms with Crippen LogP contribution in [0.5, 0.6) is 0 Å². The van der Waals surface area contributed by atoms with E-state index in [9.17, 15) is 18.0 Å². The molecular formula is C12H19F3N2O. The Morgan fingerprint density at radius 3 is 2.28 bits per heavy atom. The summed E-state index contributed by atoms with van der Waals surface area (Å²) in [5, 5.41) is 2.97. The van der Waals surface area contributed by atoms with Crippen LogP contribution in [0.25, 0.3) is 0 Å². The first-order chi connectivity index (χ1) is 8.20. The Morgan fingerprint density at radius 1 is 1.39 bits per heavy atom. The summed E-state index contributed by atoms with van der Waals surface area (Å²) < 4.78 is 37.4. The molecular weight excluding hydrogens is 245 g/mol. The molecule has 0 aromatic rings. The fourth-order valence-corrected chi connectivity index (χ4v) is 1.78. The van der Waals surface area contributed by atoms with E-state index in [1.165, 1.54) is 0 Å². The summed E-state index contributed by atoms with van der Waals surface area (Å²) in [6.45, 7) is 5.33. The first kappa shape index (κ1) is 15.0. The van der Waals surface area contributed by atoms with Crippen molar-refractivity contribution in [1.29, 1.82) is 0 Å². The third kappa shape index (κ3) is 4.33. The summed E-state index contributed by atoms with van der Waals surface area (Å²) in [6.07, 6.45) is -4.35. The molecule has 1 aliphatic heterocycles. The number of carbonyl (C=O) groups is 1. The maximum Gasteiger partial charge on any atom is 0.406 e. The van der Waals surface area contributed by atoms with Crippen LogP contribution < -0.4 is 5.32 Å². The van der Waals surface area contributed by atoms with Gasteiger partial charge in [-0.1, -0.05) is 13.8 Å². The molecule has 3 nitrogen and oxygen atoms in total. The van der Waals surface area contributed by atoms with E-state index < -0.39 is 18.6 Å². The van der Waals surface area contributed by atoms with Crippen LogP contribution in [-0.4, -0.2) is 43.2 Å². The summed E-state index contributed by atoms with van der Waals surface area (Å²) in [6, 6.07) is 0. The quantitative estimate of drug-likeness (QED) is 0.787. The molecule has 0 unspecified atom stereocenters. The fourth-order valence-electron chi connectivity index (χ4n) is 1.78. The van der Waals surface area contributed by atoms with Crippen LogP contribution >= 0.6 is 0 Å². The number of nitrogens with zero attached hydrogens (tertiary/aromatic N) is 1. The lowest BCUT2D eigenvalue weighted by Gasteiger charge is -2.29. The zero-order chi connectivity index (χ0) is 13.9. The molecule has 0 bridgehead atoms. The normalized spacial score (nSPS) is 15.6. The minimum atomic E-state index is -4.35. The predicted molar refractivity (Wildman–Crippen MR) is 63.0 cm³/mol. The van der Waals surface area contributed by atoms with Crippen LogP contribution in [0.3, 0.4) is 0 Å². The summed E-state index contributed by atoms with van der Waals surface area (Å²) in [4.78, 5) is 12.9. The number of alkyl halides is 3. The Labute approximate surface area is 105 Å². The molecule has 0 atom stereocenters. The number of rotatable bonds is 4. The van der Waals surface area contributed by atoms with Gasteiger partial charge in [0.25, 0.3) is 0 Å². The van der Waals surface area contributed by atoms with Gasteiger partial charge in [0.15, 0.2) is 0 Å². The highest BCUT2D eigenvalue weighted by Gasteiger charge is 2.34. The lowest BCUT2D eigenvalue weighted by molar-refractivity contribution is -0.159. The number of halogens is 3. The van der Waals surface area contributed by atoms with Crippen molar-refractivity contribution >= 4 is 5.91 Å². The Balaban J connectivity index is 2.78. The molecule has 104 valence electrons. The fraction of sp³-hybridized carbons (Fsp3) is 0.750. The van der Waals surface area contributed by atoms with Gasteiger partial charge >= 0.3 is 6.18 Å². The van der Waals surface area contributed by atoms with E-state index in [4.69, 9.17) is 0 Å². The molecule has 1 N–H and O–H groups in total. The van der Waals surface area contributed by atoms with Crippen molar-refractivity contribution in [2.24, 2.45) is 5.92 Å².